The molecule has 4 nitrogen and oxygen atoms in total. The van der Waals surface area contributed by atoms with Crippen LogP contribution in [0.1, 0.15) is 5.56 Å². The number of nitriles is 1. The van der Waals surface area contributed by atoms with E-state index in [2.05, 4.69) is 4.72 Å². The molecule has 0 saturated heterocycles. The van der Waals surface area contributed by atoms with E-state index in [0.29, 0.717) is 10.6 Å². The highest BCUT2D eigenvalue weighted by molar-refractivity contribution is 7.88. The monoisotopic (exact) mass is 244 g/mol. The molecule has 0 bridgehead atoms. The summed E-state index contributed by atoms with van der Waals surface area (Å²) in [7, 11) is -3.48. The van der Waals surface area contributed by atoms with Gasteiger partial charge in [0.05, 0.1) is 18.4 Å². The Bertz CT molecular complexity index is 479. The summed E-state index contributed by atoms with van der Waals surface area (Å²) in [4.78, 5) is 0. The van der Waals surface area contributed by atoms with Gasteiger partial charge in [0.15, 0.2) is 0 Å². The third kappa shape index (κ3) is 3.88. The summed E-state index contributed by atoms with van der Waals surface area (Å²) in [5.41, 5.74) is 0.518. The predicted molar refractivity (Wildman–Crippen MR) is 57.7 cm³/mol. The van der Waals surface area contributed by atoms with Crippen LogP contribution in [-0.2, 0) is 15.8 Å². The Labute approximate surface area is 93.5 Å². The Morgan fingerprint density at radius 1 is 1.40 bits per heavy atom. The minimum absolute atomic E-state index is 0.214. The van der Waals surface area contributed by atoms with Crippen LogP contribution in [0.4, 0.5) is 0 Å². The molecule has 6 heteroatoms. The molecule has 0 fully saturated rings. The van der Waals surface area contributed by atoms with Crippen molar-refractivity contribution in [2.45, 2.75) is 5.75 Å². The molecule has 1 aromatic rings. The molecule has 0 saturated carbocycles. The summed E-state index contributed by atoms with van der Waals surface area (Å²) in [6, 6.07) is 8.39. The molecule has 1 rings (SSSR count). The van der Waals surface area contributed by atoms with Crippen molar-refractivity contribution in [1.29, 1.82) is 5.26 Å². The largest absolute Gasteiger partial charge is 0.216 e. The van der Waals surface area contributed by atoms with Gasteiger partial charge in [-0.25, -0.2) is 13.1 Å². The number of hydrogen-bond donors (Lipinski definition) is 1. The topological polar surface area (TPSA) is 70.0 Å². The van der Waals surface area contributed by atoms with E-state index in [1.54, 1.807) is 30.3 Å². The van der Waals surface area contributed by atoms with Gasteiger partial charge in [-0.1, -0.05) is 29.8 Å². The first-order chi connectivity index (χ1) is 7.05. The van der Waals surface area contributed by atoms with Crippen LogP contribution in [-0.4, -0.2) is 15.0 Å². The Kier molecular flexibility index (Phi) is 4.09. The highest BCUT2D eigenvalue weighted by Crippen LogP contribution is 2.16. The molecule has 0 radical (unpaired) electrons. The number of benzene rings is 1. The zero-order valence-electron chi connectivity index (χ0n) is 7.77. The summed E-state index contributed by atoms with van der Waals surface area (Å²) in [6.45, 7) is -0.229. The van der Waals surface area contributed by atoms with Crippen LogP contribution in [0.5, 0.6) is 0 Å². The first-order valence-corrected chi connectivity index (χ1v) is 6.16. The second-order valence-corrected chi connectivity index (χ2v) is 5.04. The van der Waals surface area contributed by atoms with Crippen molar-refractivity contribution >= 4 is 21.6 Å². The lowest BCUT2D eigenvalue weighted by Crippen LogP contribution is -2.25. The minimum Gasteiger partial charge on any atom is -0.212 e. The fraction of sp³-hybridized carbons (Fsp3) is 0.222. The number of nitrogens with one attached hydrogen (secondary N) is 1. The molecule has 1 N–H and O–H groups in total. The number of rotatable bonds is 4. The van der Waals surface area contributed by atoms with E-state index in [1.807, 2.05) is 0 Å². The summed E-state index contributed by atoms with van der Waals surface area (Å²) < 4.78 is 24.9. The molecule has 0 heterocycles. The SMILES string of the molecule is N#CCNS(=O)(=O)Cc1ccccc1Cl. The Hall–Kier alpha value is -1.09. The highest BCUT2D eigenvalue weighted by Gasteiger charge is 2.12. The van der Waals surface area contributed by atoms with Crippen LogP contribution in [0, 0.1) is 11.3 Å². The molecule has 0 aliphatic carbocycles. The molecule has 0 unspecified atom stereocenters. The smallest absolute Gasteiger partial charge is 0.212 e. The van der Waals surface area contributed by atoms with Gasteiger partial charge in [0, 0.05) is 5.02 Å². The van der Waals surface area contributed by atoms with E-state index in [4.69, 9.17) is 16.9 Å². The third-order valence-electron chi connectivity index (χ3n) is 1.67. The predicted octanol–water partition coefficient (Wildman–Crippen LogP) is 1.28. The second kappa shape index (κ2) is 5.12. The summed E-state index contributed by atoms with van der Waals surface area (Å²) >= 11 is 5.81. The van der Waals surface area contributed by atoms with Gasteiger partial charge in [-0.15, -0.1) is 0 Å². The Morgan fingerprint density at radius 2 is 2.07 bits per heavy atom. The number of sulfonamides is 1. The standard InChI is InChI=1S/C9H9ClN2O2S/c10-9-4-2-1-3-8(9)7-15(13,14)12-6-5-11/h1-4,12H,6-7H2. The average Bonchev–Trinajstić information content (AvgIpc) is 2.18. The molecule has 0 aliphatic heterocycles. The lowest BCUT2D eigenvalue weighted by molar-refractivity contribution is 0.585. The molecule has 0 aromatic heterocycles. The van der Waals surface area contributed by atoms with Crippen molar-refractivity contribution in [2.24, 2.45) is 0 Å². The number of nitrogens with zero attached hydrogens (tertiary/aromatic N) is 1. The molecule has 0 spiro atoms. The Balaban J connectivity index is 2.79. The van der Waals surface area contributed by atoms with E-state index in [1.165, 1.54) is 0 Å². The maximum Gasteiger partial charge on any atom is 0.216 e. The lowest BCUT2D eigenvalue weighted by atomic mass is 10.2. The summed E-state index contributed by atoms with van der Waals surface area (Å²) in [5.74, 6) is -0.214. The maximum absolute atomic E-state index is 11.4. The van der Waals surface area contributed by atoms with Crippen LogP contribution in [0.2, 0.25) is 5.02 Å². The van der Waals surface area contributed by atoms with Crippen LogP contribution in [0.25, 0.3) is 0 Å². The zero-order chi connectivity index (χ0) is 11.3. The molecule has 80 valence electrons. The molecule has 0 atom stereocenters. The fourth-order valence-electron chi connectivity index (χ4n) is 1.01. The first kappa shape index (κ1) is 12.0. The maximum atomic E-state index is 11.4. The molecular formula is C9H9ClN2O2S. The molecule has 0 aliphatic rings. The highest BCUT2D eigenvalue weighted by atomic mass is 35.5. The second-order valence-electron chi connectivity index (χ2n) is 2.83. The van der Waals surface area contributed by atoms with Crippen LogP contribution < -0.4 is 4.72 Å². The van der Waals surface area contributed by atoms with Crippen molar-refractivity contribution in [3.63, 3.8) is 0 Å². The van der Waals surface area contributed by atoms with Crippen molar-refractivity contribution in [2.75, 3.05) is 6.54 Å². The van der Waals surface area contributed by atoms with E-state index < -0.39 is 10.0 Å². The van der Waals surface area contributed by atoms with Gasteiger partial charge < -0.3 is 0 Å². The van der Waals surface area contributed by atoms with Gasteiger partial charge in [0.1, 0.15) is 0 Å². The van der Waals surface area contributed by atoms with E-state index >= 15 is 0 Å². The molecule has 1 aromatic carbocycles. The van der Waals surface area contributed by atoms with Gasteiger partial charge in [0.25, 0.3) is 0 Å². The van der Waals surface area contributed by atoms with E-state index in [-0.39, 0.29) is 12.3 Å². The fourth-order valence-corrected chi connectivity index (χ4v) is 2.34. The molecule has 0 amide bonds. The average molecular weight is 245 g/mol. The number of hydrogen-bond acceptors (Lipinski definition) is 3. The van der Waals surface area contributed by atoms with Crippen molar-refractivity contribution in [3.8, 4) is 6.07 Å². The molecule has 15 heavy (non-hydrogen) atoms. The van der Waals surface area contributed by atoms with Gasteiger partial charge >= 0.3 is 0 Å². The van der Waals surface area contributed by atoms with Crippen LogP contribution in [0.3, 0.4) is 0 Å². The van der Waals surface area contributed by atoms with Gasteiger partial charge in [-0.05, 0) is 11.6 Å². The summed E-state index contributed by atoms with van der Waals surface area (Å²) in [6.07, 6.45) is 0. The molecular weight excluding hydrogens is 236 g/mol. The normalized spacial score (nSPS) is 10.9. The third-order valence-corrected chi connectivity index (χ3v) is 3.32. The van der Waals surface area contributed by atoms with Crippen molar-refractivity contribution in [3.05, 3.63) is 34.9 Å². The van der Waals surface area contributed by atoms with Gasteiger partial charge in [-0.3, -0.25) is 0 Å². The zero-order valence-corrected chi connectivity index (χ0v) is 9.35. The lowest BCUT2D eigenvalue weighted by Gasteiger charge is -2.04. The number of halogens is 1. The van der Waals surface area contributed by atoms with E-state index in [0.717, 1.165) is 0 Å². The quantitative estimate of drug-likeness (QED) is 0.812. The van der Waals surface area contributed by atoms with Crippen LogP contribution >= 0.6 is 11.6 Å². The first-order valence-electron chi connectivity index (χ1n) is 4.13. The summed E-state index contributed by atoms with van der Waals surface area (Å²) in [5, 5.41) is 8.65. The van der Waals surface area contributed by atoms with E-state index in [9.17, 15) is 8.42 Å². The minimum atomic E-state index is -3.48. The van der Waals surface area contributed by atoms with Crippen molar-refractivity contribution in [1.82, 2.24) is 4.72 Å². The van der Waals surface area contributed by atoms with Crippen molar-refractivity contribution < 1.29 is 8.42 Å². The van der Waals surface area contributed by atoms with Gasteiger partial charge in [-0.2, -0.15) is 5.26 Å². The van der Waals surface area contributed by atoms with Gasteiger partial charge in [0.2, 0.25) is 10.0 Å². The Morgan fingerprint density at radius 3 is 2.67 bits per heavy atom. The van der Waals surface area contributed by atoms with Crippen LogP contribution in [0.15, 0.2) is 24.3 Å².